The summed E-state index contributed by atoms with van der Waals surface area (Å²) < 4.78 is 0. The maximum Gasteiger partial charge on any atom is 0.343 e. The Morgan fingerprint density at radius 2 is 2.05 bits per heavy atom. The van der Waals surface area contributed by atoms with Gasteiger partial charge in [0.25, 0.3) is 5.69 Å². The quantitative estimate of drug-likeness (QED) is 0.517. The number of aromatic carboxylic acids is 1. The number of carbonyl (C=O) groups is 2. The van der Waals surface area contributed by atoms with Gasteiger partial charge in [-0.25, -0.2) is 4.79 Å². The van der Waals surface area contributed by atoms with Crippen LogP contribution in [0.5, 0.6) is 0 Å². The number of carboxylic acid groups (broad SMARTS) is 1. The minimum Gasteiger partial charge on any atom is -0.477 e. The minimum absolute atomic E-state index is 0.0285. The first-order valence-electron chi connectivity index (χ1n) is 5.71. The fourth-order valence-electron chi connectivity index (χ4n) is 1.54. The number of primary amides is 1. The highest BCUT2D eigenvalue weighted by molar-refractivity contribution is 5.94. The molecule has 8 heteroatoms. The van der Waals surface area contributed by atoms with Crippen LogP contribution >= 0.6 is 0 Å². The summed E-state index contributed by atoms with van der Waals surface area (Å²) in [6, 6.07) is 3.95. The standard InChI is InChI=1S/C12H15N3O5/c1-12(2,11(13)18)14-6-7-4-3-5-8(15(19)20)9(7)10(16)17/h3-5,14H,6H2,1-2H3,(H2,13,18)(H,16,17). The van der Waals surface area contributed by atoms with E-state index in [0.717, 1.165) is 6.07 Å². The molecule has 0 aliphatic rings. The maximum atomic E-state index is 11.2. The van der Waals surface area contributed by atoms with Crippen molar-refractivity contribution < 1.29 is 19.6 Å². The fourth-order valence-corrected chi connectivity index (χ4v) is 1.54. The summed E-state index contributed by atoms with van der Waals surface area (Å²) in [5, 5.41) is 22.7. The second-order valence-electron chi connectivity index (χ2n) is 4.72. The number of nitrogens with zero attached hydrogens (tertiary/aromatic N) is 1. The van der Waals surface area contributed by atoms with Crippen molar-refractivity contribution in [1.29, 1.82) is 0 Å². The average Bonchev–Trinajstić information content (AvgIpc) is 2.35. The Balaban J connectivity index is 3.13. The third-order valence-corrected chi connectivity index (χ3v) is 2.88. The van der Waals surface area contributed by atoms with Gasteiger partial charge >= 0.3 is 5.97 Å². The smallest absolute Gasteiger partial charge is 0.343 e. The van der Waals surface area contributed by atoms with Crippen molar-refractivity contribution >= 4 is 17.6 Å². The summed E-state index contributed by atoms with van der Waals surface area (Å²) in [4.78, 5) is 32.4. The van der Waals surface area contributed by atoms with Crippen molar-refractivity contribution in [3.8, 4) is 0 Å². The molecular formula is C12H15N3O5. The number of nitrogens with two attached hydrogens (primary N) is 1. The van der Waals surface area contributed by atoms with Crippen LogP contribution in [0, 0.1) is 10.1 Å². The highest BCUT2D eigenvalue weighted by Gasteiger charge is 2.27. The number of amides is 1. The summed E-state index contributed by atoms with van der Waals surface area (Å²) in [6.07, 6.45) is 0. The van der Waals surface area contributed by atoms with Gasteiger partial charge in [0, 0.05) is 12.6 Å². The minimum atomic E-state index is -1.40. The van der Waals surface area contributed by atoms with E-state index in [9.17, 15) is 19.7 Å². The van der Waals surface area contributed by atoms with Gasteiger partial charge in [-0.05, 0) is 19.4 Å². The first-order valence-corrected chi connectivity index (χ1v) is 5.71. The van der Waals surface area contributed by atoms with Gasteiger partial charge in [-0.15, -0.1) is 0 Å². The third-order valence-electron chi connectivity index (χ3n) is 2.88. The molecule has 0 saturated heterocycles. The van der Waals surface area contributed by atoms with Crippen LogP contribution in [0.4, 0.5) is 5.69 Å². The molecule has 108 valence electrons. The second kappa shape index (κ2) is 5.66. The predicted molar refractivity (Wildman–Crippen MR) is 70.2 cm³/mol. The van der Waals surface area contributed by atoms with Gasteiger partial charge < -0.3 is 10.8 Å². The van der Waals surface area contributed by atoms with E-state index in [1.807, 2.05) is 0 Å². The van der Waals surface area contributed by atoms with Gasteiger partial charge in [0.2, 0.25) is 5.91 Å². The molecule has 0 fully saturated rings. The fraction of sp³-hybridized carbons (Fsp3) is 0.333. The number of nitro benzene ring substituents is 1. The number of hydrogen-bond donors (Lipinski definition) is 3. The number of carbonyl (C=O) groups excluding carboxylic acids is 1. The van der Waals surface area contributed by atoms with E-state index in [2.05, 4.69) is 5.32 Å². The van der Waals surface area contributed by atoms with Crippen LogP contribution < -0.4 is 11.1 Å². The molecule has 1 rings (SSSR count). The monoisotopic (exact) mass is 281 g/mol. The van der Waals surface area contributed by atoms with E-state index in [-0.39, 0.29) is 12.1 Å². The van der Waals surface area contributed by atoms with Crippen LogP contribution in [-0.4, -0.2) is 27.4 Å². The zero-order valence-corrected chi connectivity index (χ0v) is 11.0. The van der Waals surface area contributed by atoms with Crippen molar-refractivity contribution in [3.05, 3.63) is 39.4 Å². The highest BCUT2D eigenvalue weighted by atomic mass is 16.6. The normalized spacial score (nSPS) is 11.1. The average molecular weight is 281 g/mol. The molecule has 0 aromatic heterocycles. The number of hydrogen-bond acceptors (Lipinski definition) is 5. The Labute approximate surface area is 114 Å². The molecular weight excluding hydrogens is 266 g/mol. The molecule has 20 heavy (non-hydrogen) atoms. The van der Waals surface area contributed by atoms with Crippen molar-refractivity contribution in [2.24, 2.45) is 5.73 Å². The van der Waals surface area contributed by atoms with Crippen LogP contribution in [0.25, 0.3) is 0 Å². The largest absolute Gasteiger partial charge is 0.477 e. The Hall–Kier alpha value is -2.48. The highest BCUT2D eigenvalue weighted by Crippen LogP contribution is 2.22. The topological polar surface area (TPSA) is 136 Å². The van der Waals surface area contributed by atoms with Crippen molar-refractivity contribution in [2.75, 3.05) is 0 Å². The maximum absolute atomic E-state index is 11.2. The molecule has 0 radical (unpaired) electrons. The summed E-state index contributed by atoms with van der Waals surface area (Å²) in [5.41, 5.74) is 3.45. The van der Waals surface area contributed by atoms with Crippen LogP contribution in [0.3, 0.4) is 0 Å². The summed E-state index contributed by atoms with van der Waals surface area (Å²) >= 11 is 0. The molecule has 1 amide bonds. The molecule has 0 heterocycles. The molecule has 4 N–H and O–H groups in total. The zero-order chi connectivity index (χ0) is 15.5. The Morgan fingerprint density at radius 1 is 1.45 bits per heavy atom. The van der Waals surface area contributed by atoms with Gasteiger partial charge in [-0.1, -0.05) is 12.1 Å². The number of rotatable bonds is 6. The van der Waals surface area contributed by atoms with Crippen molar-refractivity contribution in [2.45, 2.75) is 25.9 Å². The van der Waals surface area contributed by atoms with Crippen LogP contribution in [0.15, 0.2) is 18.2 Å². The van der Waals surface area contributed by atoms with Crippen molar-refractivity contribution in [3.63, 3.8) is 0 Å². The van der Waals surface area contributed by atoms with Gasteiger partial charge in [-0.3, -0.25) is 20.2 Å². The molecule has 0 saturated carbocycles. The van der Waals surface area contributed by atoms with E-state index < -0.39 is 33.6 Å². The molecule has 0 unspecified atom stereocenters. The van der Waals surface area contributed by atoms with E-state index in [4.69, 9.17) is 10.8 Å². The Bertz CT molecular complexity index is 568. The lowest BCUT2D eigenvalue weighted by Gasteiger charge is -2.22. The van der Waals surface area contributed by atoms with Crippen LogP contribution in [0.2, 0.25) is 0 Å². The molecule has 0 bridgehead atoms. The molecule has 0 aliphatic heterocycles. The third kappa shape index (κ3) is 3.29. The SMILES string of the molecule is CC(C)(NCc1cccc([N+](=O)[O-])c1C(=O)O)C(N)=O. The molecule has 0 spiro atoms. The lowest BCUT2D eigenvalue weighted by molar-refractivity contribution is -0.385. The Kier molecular flexibility index (Phi) is 4.41. The number of nitrogens with one attached hydrogen (secondary N) is 1. The van der Waals surface area contributed by atoms with E-state index >= 15 is 0 Å². The van der Waals surface area contributed by atoms with E-state index in [1.54, 1.807) is 0 Å². The van der Waals surface area contributed by atoms with Gasteiger partial charge in [0.05, 0.1) is 10.5 Å². The molecule has 0 aliphatic carbocycles. The second-order valence-corrected chi connectivity index (χ2v) is 4.72. The molecule has 1 aromatic carbocycles. The first kappa shape index (κ1) is 15.6. The number of carboxylic acids is 1. The van der Waals surface area contributed by atoms with E-state index in [1.165, 1.54) is 26.0 Å². The molecule has 0 atom stereocenters. The first-order chi connectivity index (χ1) is 9.16. The lowest BCUT2D eigenvalue weighted by atomic mass is 10.0. The van der Waals surface area contributed by atoms with E-state index in [0.29, 0.717) is 0 Å². The van der Waals surface area contributed by atoms with Crippen LogP contribution in [-0.2, 0) is 11.3 Å². The van der Waals surface area contributed by atoms with Crippen molar-refractivity contribution in [1.82, 2.24) is 5.32 Å². The summed E-state index contributed by atoms with van der Waals surface area (Å²) in [6.45, 7) is 3.04. The number of nitro groups is 1. The number of benzene rings is 1. The summed E-state index contributed by atoms with van der Waals surface area (Å²) in [7, 11) is 0. The van der Waals surface area contributed by atoms with Gasteiger partial charge in [0.15, 0.2) is 0 Å². The molecule has 1 aromatic rings. The Morgan fingerprint density at radius 3 is 2.50 bits per heavy atom. The van der Waals surface area contributed by atoms with Crippen LogP contribution in [0.1, 0.15) is 29.8 Å². The molecule has 8 nitrogen and oxygen atoms in total. The zero-order valence-electron chi connectivity index (χ0n) is 11.0. The predicted octanol–water partition coefficient (Wildman–Crippen LogP) is 0.646. The van der Waals surface area contributed by atoms with Gasteiger partial charge in [0.1, 0.15) is 5.56 Å². The summed E-state index contributed by atoms with van der Waals surface area (Å²) in [5.74, 6) is -2.01. The lowest BCUT2D eigenvalue weighted by Crippen LogP contribution is -2.50. The van der Waals surface area contributed by atoms with Gasteiger partial charge in [-0.2, -0.15) is 0 Å².